The number of hydrogen-bond acceptors (Lipinski definition) is 4. The van der Waals surface area contributed by atoms with Crippen LogP contribution in [-0.2, 0) is 11.8 Å². The maximum atomic E-state index is 12.7. The number of rotatable bonds is 5. The predicted octanol–water partition coefficient (Wildman–Crippen LogP) is 1.92. The molecule has 1 atom stereocenters. The summed E-state index contributed by atoms with van der Waals surface area (Å²) in [5.41, 5.74) is 0.943. The zero-order valence-electron chi connectivity index (χ0n) is 15.5. The van der Waals surface area contributed by atoms with Crippen LogP contribution in [-0.4, -0.2) is 70.4 Å². The van der Waals surface area contributed by atoms with Gasteiger partial charge in [-0.05, 0) is 57.6 Å². The van der Waals surface area contributed by atoms with E-state index in [9.17, 15) is 4.79 Å². The molecule has 0 radical (unpaired) electrons. The lowest BCUT2D eigenvalue weighted by molar-refractivity contribution is 0.0170. The quantitative estimate of drug-likeness (QED) is 0.817. The molecular formula is C19H30N4O2. The molecule has 1 aromatic heterocycles. The summed E-state index contributed by atoms with van der Waals surface area (Å²) in [6.07, 6.45) is 8.97. The average Bonchev–Trinajstić information content (AvgIpc) is 3.28. The predicted molar refractivity (Wildman–Crippen MR) is 95.4 cm³/mol. The van der Waals surface area contributed by atoms with Gasteiger partial charge in [-0.15, -0.1) is 0 Å². The number of nitrogens with zero attached hydrogens (tertiary/aromatic N) is 4. The van der Waals surface area contributed by atoms with Gasteiger partial charge >= 0.3 is 0 Å². The van der Waals surface area contributed by atoms with Crippen molar-refractivity contribution in [2.75, 3.05) is 33.4 Å². The number of ether oxygens (including phenoxy) is 1. The number of carbonyl (C=O) groups excluding carboxylic acids is 1. The van der Waals surface area contributed by atoms with E-state index in [2.05, 4.69) is 17.0 Å². The van der Waals surface area contributed by atoms with Gasteiger partial charge in [0.15, 0.2) is 0 Å². The fourth-order valence-corrected chi connectivity index (χ4v) is 4.52. The molecule has 1 aliphatic carbocycles. The number of aryl methyl sites for hydroxylation is 1. The Morgan fingerprint density at radius 1 is 1.20 bits per heavy atom. The second-order valence-electron chi connectivity index (χ2n) is 8.14. The Morgan fingerprint density at radius 3 is 2.60 bits per heavy atom. The third-order valence-electron chi connectivity index (χ3n) is 6.62. The minimum absolute atomic E-state index is 0.111. The van der Waals surface area contributed by atoms with Crippen molar-refractivity contribution in [3.05, 3.63) is 18.0 Å². The van der Waals surface area contributed by atoms with E-state index in [0.717, 1.165) is 45.1 Å². The van der Waals surface area contributed by atoms with Crippen LogP contribution in [0, 0.1) is 5.92 Å². The number of hydrogen-bond donors (Lipinski definition) is 0. The molecule has 1 saturated carbocycles. The van der Waals surface area contributed by atoms with Crippen LogP contribution in [0.5, 0.6) is 0 Å². The second kappa shape index (κ2) is 6.72. The Hall–Kier alpha value is -1.40. The van der Waals surface area contributed by atoms with Gasteiger partial charge in [-0.3, -0.25) is 14.4 Å². The van der Waals surface area contributed by atoms with E-state index in [1.54, 1.807) is 10.9 Å². The molecule has 6 heteroatoms. The number of likely N-dealkylation sites (N-methyl/N-ethyl adjacent to an activating group) is 1. The number of likely N-dealkylation sites (tertiary alicyclic amines) is 2. The van der Waals surface area contributed by atoms with Gasteiger partial charge in [0.25, 0.3) is 5.91 Å². The summed E-state index contributed by atoms with van der Waals surface area (Å²) < 4.78 is 7.62. The highest BCUT2D eigenvalue weighted by Gasteiger charge is 2.46. The maximum absolute atomic E-state index is 12.7. The van der Waals surface area contributed by atoms with Gasteiger partial charge in [-0.1, -0.05) is 0 Å². The number of amides is 1. The molecule has 0 N–H and O–H groups in total. The van der Waals surface area contributed by atoms with Crippen molar-refractivity contribution >= 4 is 5.91 Å². The minimum Gasteiger partial charge on any atom is -0.380 e. The van der Waals surface area contributed by atoms with E-state index in [1.807, 2.05) is 18.0 Å². The average molecular weight is 346 g/mol. The number of aromatic nitrogens is 2. The highest BCUT2D eigenvalue weighted by atomic mass is 16.5. The zero-order valence-corrected chi connectivity index (χ0v) is 15.5. The van der Waals surface area contributed by atoms with Gasteiger partial charge < -0.3 is 9.64 Å². The normalized spacial score (nSPS) is 26.5. The van der Waals surface area contributed by atoms with Gasteiger partial charge in [0.1, 0.15) is 5.69 Å². The molecule has 138 valence electrons. The topological polar surface area (TPSA) is 50.6 Å². The van der Waals surface area contributed by atoms with E-state index in [0.29, 0.717) is 11.7 Å². The molecule has 4 rings (SSSR count). The Labute approximate surface area is 150 Å². The summed E-state index contributed by atoms with van der Waals surface area (Å²) in [6.45, 7) is 3.49. The summed E-state index contributed by atoms with van der Waals surface area (Å²) in [7, 11) is 4.09. The van der Waals surface area contributed by atoms with E-state index >= 15 is 0 Å². The molecule has 1 spiro atoms. The number of carbonyl (C=O) groups is 1. The van der Waals surface area contributed by atoms with Crippen LogP contribution in [0.25, 0.3) is 0 Å². The van der Waals surface area contributed by atoms with E-state index < -0.39 is 0 Å². The lowest BCUT2D eigenvalue weighted by atomic mass is 9.85. The van der Waals surface area contributed by atoms with E-state index in [1.165, 1.54) is 25.7 Å². The Bertz CT molecular complexity index is 617. The molecule has 2 aliphatic heterocycles. The highest BCUT2D eigenvalue weighted by molar-refractivity contribution is 5.92. The molecule has 2 saturated heterocycles. The van der Waals surface area contributed by atoms with Crippen molar-refractivity contribution in [3.8, 4) is 0 Å². The first-order valence-corrected chi connectivity index (χ1v) is 9.67. The summed E-state index contributed by atoms with van der Waals surface area (Å²) >= 11 is 0. The largest absolute Gasteiger partial charge is 0.380 e. The van der Waals surface area contributed by atoms with Crippen LogP contribution < -0.4 is 0 Å². The van der Waals surface area contributed by atoms with E-state index in [4.69, 9.17) is 4.74 Å². The summed E-state index contributed by atoms with van der Waals surface area (Å²) in [4.78, 5) is 17.2. The van der Waals surface area contributed by atoms with E-state index in [-0.39, 0.29) is 11.4 Å². The summed E-state index contributed by atoms with van der Waals surface area (Å²) in [6, 6.07) is 2.35. The molecule has 3 aliphatic rings. The standard InChI is InChI=1S/C19H30N4O2/c1-21-16(14-25-13-15-3-4-15)5-7-19(21)8-11-23(12-9-19)18(24)17-6-10-20-22(17)2/h6,10,15-16H,3-5,7-9,11-14H2,1-2H3. The molecule has 3 fully saturated rings. The third kappa shape index (κ3) is 3.34. The van der Waals surface area contributed by atoms with Crippen LogP contribution in [0.3, 0.4) is 0 Å². The molecule has 25 heavy (non-hydrogen) atoms. The molecule has 1 unspecified atom stereocenters. The van der Waals surface area contributed by atoms with Crippen LogP contribution in [0.2, 0.25) is 0 Å². The van der Waals surface area contributed by atoms with Crippen molar-refractivity contribution in [1.82, 2.24) is 19.6 Å². The molecule has 3 heterocycles. The SMILES string of the molecule is CN1C(COCC2CC2)CCC12CCN(C(=O)c1ccnn1C)CC2. The van der Waals surface area contributed by atoms with Crippen molar-refractivity contribution in [3.63, 3.8) is 0 Å². The molecule has 1 aromatic rings. The Balaban J connectivity index is 1.31. The lowest BCUT2D eigenvalue weighted by Crippen LogP contribution is -2.54. The zero-order chi connectivity index (χ0) is 17.4. The molecule has 1 amide bonds. The smallest absolute Gasteiger partial charge is 0.272 e. The van der Waals surface area contributed by atoms with Gasteiger partial charge in [-0.25, -0.2) is 0 Å². The molecule has 0 bridgehead atoms. The van der Waals surface area contributed by atoms with Crippen LogP contribution >= 0.6 is 0 Å². The first-order chi connectivity index (χ1) is 12.1. The van der Waals surface area contributed by atoms with Gasteiger partial charge in [0.05, 0.1) is 6.61 Å². The molecule has 0 aromatic carbocycles. The van der Waals surface area contributed by atoms with Crippen molar-refractivity contribution < 1.29 is 9.53 Å². The first-order valence-electron chi connectivity index (χ1n) is 9.67. The van der Waals surface area contributed by atoms with Crippen LogP contribution in [0.4, 0.5) is 0 Å². The number of piperidine rings is 1. The summed E-state index contributed by atoms with van der Waals surface area (Å²) in [5, 5.41) is 4.12. The van der Waals surface area contributed by atoms with Crippen LogP contribution in [0.15, 0.2) is 12.3 Å². The first kappa shape index (κ1) is 17.0. The third-order valence-corrected chi connectivity index (χ3v) is 6.62. The molecular weight excluding hydrogens is 316 g/mol. The fraction of sp³-hybridized carbons (Fsp3) is 0.789. The minimum atomic E-state index is 0.111. The lowest BCUT2D eigenvalue weighted by Gasteiger charge is -2.45. The van der Waals surface area contributed by atoms with Crippen molar-refractivity contribution in [2.45, 2.75) is 50.1 Å². The maximum Gasteiger partial charge on any atom is 0.272 e. The fourth-order valence-electron chi connectivity index (χ4n) is 4.52. The Morgan fingerprint density at radius 2 is 1.96 bits per heavy atom. The monoisotopic (exact) mass is 346 g/mol. The van der Waals surface area contributed by atoms with Gasteiger partial charge in [0.2, 0.25) is 0 Å². The molecule has 6 nitrogen and oxygen atoms in total. The van der Waals surface area contributed by atoms with Crippen molar-refractivity contribution in [2.24, 2.45) is 13.0 Å². The Kier molecular flexibility index (Phi) is 4.58. The summed E-state index contributed by atoms with van der Waals surface area (Å²) in [5.74, 6) is 0.946. The van der Waals surface area contributed by atoms with Gasteiger partial charge in [-0.2, -0.15) is 5.10 Å². The second-order valence-corrected chi connectivity index (χ2v) is 8.14. The van der Waals surface area contributed by atoms with Crippen molar-refractivity contribution in [1.29, 1.82) is 0 Å². The highest BCUT2D eigenvalue weighted by Crippen LogP contribution is 2.41. The van der Waals surface area contributed by atoms with Gasteiger partial charge in [0, 0.05) is 44.5 Å². The van der Waals surface area contributed by atoms with Crippen LogP contribution in [0.1, 0.15) is 49.0 Å².